The lowest BCUT2D eigenvalue weighted by Crippen LogP contribution is -2.67. The van der Waals surface area contributed by atoms with E-state index in [1.54, 1.807) is 6.92 Å². The Hall–Kier alpha value is -0.610. The van der Waals surface area contributed by atoms with Gasteiger partial charge in [-0.15, -0.1) is 0 Å². The fourth-order valence-corrected chi connectivity index (χ4v) is 2.48. The van der Waals surface area contributed by atoms with Crippen molar-refractivity contribution in [1.29, 1.82) is 0 Å². The van der Waals surface area contributed by atoms with Crippen molar-refractivity contribution in [2.24, 2.45) is 11.3 Å². The Morgan fingerprint density at radius 3 is 2.50 bits per heavy atom. The van der Waals surface area contributed by atoms with Gasteiger partial charge < -0.3 is 15.2 Å². The Kier molecular flexibility index (Phi) is 2.08. The second-order valence-electron chi connectivity index (χ2n) is 4.43. The number of nitrogens with one attached hydrogen (secondary N) is 1. The largest absolute Gasteiger partial charge is 0.465 e. The van der Waals surface area contributed by atoms with Gasteiger partial charge in [0.25, 0.3) is 0 Å². The quantitative estimate of drug-likeness (QED) is 0.624. The van der Waals surface area contributed by atoms with Crippen molar-refractivity contribution in [3.8, 4) is 0 Å². The Labute approximate surface area is 83.6 Å². The van der Waals surface area contributed by atoms with Crippen LogP contribution in [0.2, 0.25) is 0 Å². The van der Waals surface area contributed by atoms with Crippen LogP contribution >= 0.6 is 0 Å². The van der Waals surface area contributed by atoms with Crippen LogP contribution in [0, 0.1) is 11.3 Å². The highest BCUT2D eigenvalue weighted by Crippen LogP contribution is 2.61. The van der Waals surface area contributed by atoms with Gasteiger partial charge in [-0.25, -0.2) is 0 Å². The van der Waals surface area contributed by atoms with E-state index < -0.39 is 11.0 Å². The van der Waals surface area contributed by atoms with Gasteiger partial charge in [0.05, 0.1) is 6.61 Å². The van der Waals surface area contributed by atoms with Crippen molar-refractivity contribution < 1.29 is 14.6 Å². The van der Waals surface area contributed by atoms with E-state index in [1.807, 2.05) is 6.92 Å². The number of β-amino-alcohol motifs (C(OH)–C–C–N with tert-alkyl or cyclic N) is 1. The number of carbonyl (C=O) groups is 1. The van der Waals surface area contributed by atoms with Crippen LogP contribution in [0.15, 0.2) is 0 Å². The standard InChI is InChI=1S/C10H17NO3/c1-3-14-8(12)10(4-7(10)2)9(13)5-11-6-9/h7,11,13H,3-6H2,1-2H3. The third-order valence-electron chi connectivity index (χ3n) is 3.61. The summed E-state index contributed by atoms with van der Waals surface area (Å²) in [7, 11) is 0. The number of hydrogen-bond donors (Lipinski definition) is 2. The molecule has 2 aliphatic rings. The predicted octanol–water partition coefficient (Wildman–Crippen LogP) is -0.0900. The fourth-order valence-electron chi connectivity index (χ4n) is 2.48. The maximum Gasteiger partial charge on any atom is 0.315 e. The van der Waals surface area contributed by atoms with Crippen molar-refractivity contribution in [3.63, 3.8) is 0 Å². The summed E-state index contributed by atoms with van der Waals surface area (Å²) >= 11 is 0. The lowest BCUT2D eigenvalue weighted by atomic mass is 9.77. The average molecular weight is 199 g/mol. The van der Waals surface area contributed by atoms with Crippen LogP contribution in [-0.4, -0.2) is 36.4 Å². The minimum atomic E-state index is -0.862. The SMILES string of the molecule is CCOC(=O)C1(C2(O)CNC2)CC1C. The topological polar surface area (TPSA) is 58.6 Å². The summed E-state index contributed by atoms with van der Waals surface area (Å²) in [6.07, 6.45) is 0.754. The highest BCUT2D eigenvalue weighted by molar-refractivity contribution is 5.82. The van der Waals surface area contributed by atoms with Crippen LogP contribution in [0.3, 0.4) is 0 Å². The maximum absolute atomic E-state index is 11.8. The van der Waals surface area contributed by atoms with Crippen LogP contribution in [0.4, 0.5) is 0 Å². The summed E-state index contributed by atoms with van der Waals surface area (Å²) in [6, 6.07) is 0. The average Bonchev–Trinajstić information content (AvgIpc) is 2.75. The summed E-state index contributed by atoms with van der Waals surface area (Å²) in [5.74, 6) is 0.0187. The van der Waals surface area contributed by atoms with Crippen molar-refractivity contribution in [2.75, 3.05) is 19.7 Å². The monoisotopic (exact) mass is 199 g/mol. The van der Waals surface area contributed by atoms with Crippen molar-refractivity contribution >= 4 is 5.97 Å². The normalized spacial score (nSPS) is 38.6. The van der Waals surface area contributed by atoms with Gasteiger partial charge >= 0.3 is 5.97 Å². The summed E-state index contributed by atoms with van der Waals surface area (Å²) in [5.41, 5.74) is -1.48. The first-order valence-corrected chi connectivity index (χ1v) is 5.17. The molecule has 0 aromatic heterocycles. The molecule has 2 N–H and O–H groups in total. The van der Waals surface area contributed by atoms with Gasteiger partial charge in [0, 0.05) is 13.1 Å². The summed E-state index contributed by atoms with van der Waals surface area (Å²) < 4.78 is 5.03. The van der Waals surface area contributed by atoms with Gasteiger partial charge in [-0.1, -0.05) is 6.92 Å². The lowest BCUT2D eigenvalue weighted by molar-refractivity contribution is -0.168. The molecule has 1 heterocycles. The third kappa shape index (κ3) is 1.04. The first kappa shape index (κ1) is 9.93. The molecule has 4 heteroatoms. The van der Waals surface area contributed by atoms with E-state index in [2.05, 4.69) is 5.32 Å². The molecule has 4 nitrogen and oxygen atoms in total. The van der Waals surface area contributed by atoms with Crippen LogP contribution in [-0.2, 0) is 9.53 Å². The van der Waals surface area contributed by atoms with Gasteiger partial charge in [-0.2, -0.15) is 0 Å². The van der Waals surface area contributed by atoms with Crippen LogP contribution < -0.4 is 5.32 Å². The molecule has 2 fully saturated rings. The molecule has 0 aromatic rings. The van der Waals surface area contributed by atoms with E-state index in [-0.39, 0.29) is 11.9 Å². The molecule has 2 rings (SSSR count). The van der Waals surface area contributed by atoms with Gasteiger partial charge in [0.15, 0.2) is 0 Å². The Balaban J connectivity index is 2.15. The molecular formula is C10H17NO3. The van der Waals surface area contributed by atoms with Crippen LogP contribution in [0.1, 0.15) is 20.3 Å². The minimum Gasteiger partial charge on any atom is -0.465 e. The molecule has 0 aromatic carbocycles. The third-order valence-corrected chi connectivity index (χ3v) is 3.61. The zero-order valence-corrected chi connectivity index (χ0v) is 8.67. The molecule has 2 unspecified atom stereocenters. The first-order chi connectivity index (χ1) is 6.57. The summed E-state index contributed by atoms with van der Waals surface area (Å²) in [5, 5.41) is 13.2. The van der Waals surface area contributed by atoms with E-state index >= 15 is 0 Å². The molecule has 1 aliphatic carbocycles. The number of rotatable bonds is 3. The van der Waals surface area contributed by atoms with Gasteiger partial charge in [0.1, 0.15) is 11.0 Å². The Morgan fingerprint density at radius 1 is 1.64 bits per heavy atom. The molecule has 0 spiro atoms. The summed E-state index contributed by atoms with van der Waals surface area (Å²) in [6.45, 7) is 5.19. The number of aliphatic hydroxyl groups is 1. The molecule has 1 aliphatic heterocycles. The maximum atomic E-state index is 11.8. The molecule has 0 amide bonds. The number of carbonyl (C=O) groups excluding carboxylic acids is 1. The second kappa shape index (κ2) is 2.94. The molecule has 14 heavy (non-hydrogen) atoms. The zero-order chi connectivity index (χ0) is 10.4. The summed E-state index contributed by atoms with van der Waals surface area (Å²) in [4.78, 5) is 11.8. The fraction of sp³-hybridized carbons (Fsp3) is 0.900. The van der Waals surface area contributed by atoms with Crippen LogP contribution in [0.5, 0.6) is 0 Å². The van der Waals surface area contributed by atoms with Crippen LogP contribution in [0.25, 0.3) is 0 Å². The number of hydrogen-bond acceptors (Lipinski definition) is 4. The zero-order valence-electron chi connectivity index (χ0n) is 8.67. The van der Waals surface area contributed by atoms with Gasteiger partial charge in [0.2, 0.25) is 0 Å². The molecule has 0 radical (unpaired) electrons. The first-order valence-electron chi connectivity index (χ1n) is 5.17. The molecular weight excluding hydrogens is 182 g/mol. The van der Waals surface area contributed by atoms with E-state index in [0.29, 0.717) is 19.7 Å². The van der Waals surface area contributed by atoms with E-state index in [4.69, 9.17) is 4.74 Å². The second-order valence-corrected chi connectivity index (χ2v) is 4.43. The van der Waals surface area contributed by atoms with E-state index in [0.717, 1.165) is 6.42 Å². The molecule has 80 valence electrons. The smallest absolute Gasteiger partial charge is 0.315 e. The highest BCUT2D eigenvalue weighted by Gasteiger charge is 2.71. The van der Waals surface area contributed by atoms with E-state index in [9.17, 15) is 9.90 Å². The van der Waals surface area contributed by atoms with Crippen molar-refractivity contribution in [2.45, 2.75) is 25.9 Å². The predicted molar refractivity (Wildman–Crippen MR) is 50.7 cm³/mol. The molecule has 0 bridgehead atoms. The molecule has 1 saturated heterocycles. The highest BCUT2D eigenvalue weighted by atomic mass is 16.5. The number of esters is 1. The van der Waals surface area contributed by atoms with Gasteiger partial charge in [-0.05, 0) is 19.3 Å². The Bertz CT molecular complexity index is 262. The minimum absolute atomic E-state index is 0.225. The van der Waals surface area contributed by atoms with Gasteiger partial charge in [-0.3, -0.25) is 4.79 Å². The van der Waals surface area contributed by atoms with E-state index in [1.165, 1.54) is 0 Å². The Morgan fingerprint density at radius 2 is 2.21 bits per heavy atom. The molecule has 2 atom stereocenters. The number of ether oxygens (including phenoxy) is 1. The van der Waals surface area contributed by atoms with Crippen molar-refractivity contribution in [3.05, 3.63) is 0 Å². The molecule has 1 saturated carbocycles. The van der Waals surface area contributed by atoms with Crippen molar-refractivity contribution in [1.82, 2.24) is 5.32 Å². The lowest BCUT2D eigenvalue weighted by Gasteiger charge is -2.43.